The number of rotatable bonds is 7. The summed E-state index contributed by atoms with van der Waals surface area (Å²) in [6.07, 6.45) is -0.211. The predicted octanol–water partition coefficient (Wildman–Crippen LogP) is 5.55. The Bertz CT molecular complexity index is 1250. The molecule has 0 fully saturated rings. The van der Waals surface area contributed by atoms with Gasteiger partial charge in [-0.2, -0.15) is 0 Å². The van der Waals surface area contributed by atoms with Crippen molar-refractivity contribution in [2.75, 3.05) is 5.73 Å². The van der Waals surface area contributed by atoms with Crippen molar-refractivity contribution in [2.45, 2.75) is 12.5 Å². The molecule has 5 heteroatoms. The zero-order valence-electron chi connectivity index (χ0n) is 17.9. The van der Waals surface area contributed by atoms with E-state index in [1.54, 1.807) is 12.1 Å². The highest BCUT2D eigenvalue weighted by Crippen LogP contribution is 2.25. The van der Waals surface area contributed by atoms with E-state index in [1.165, 1.54) is 0 Å². The van der Waals surface area contributed by atoms with Gasteiger partial charge in [-0.25, -0.2) is 0 Å². The van der Waals surface area contributed by atoms with E-state index in [0.717, 1.165) is 27.8 Å². The Labute approximate surface area is 192 Å². The molecule has 0 aromatic heterocycles. The van der Waals surface area contributed by atoms with Crippen molar-refractivity contribution in [2.24, 2.45) is 0 Å². The van der Waals surface area contributed by atoms with Crippen LogP contribution in [0, 0.1) is 0 Å². The quantitative estimate of drug-likeness (QED) is 0.331. The molecule has 4 N–H and O–H groups in total. The van der Waals surface area contributed by atoms with Crippen molar-refractivity contribution in [3.8, 4) is 22.3 Å². The van der Waals surface area contributed by atoms with Crippen LogP contribution in [0.25, 0.3) is 22.3 Å². The third-order valence-corrected chi connectivity index (χ3v) is 5.47. The Morgan fingerprint density at radius 3 is 1.94 bits per heavy atom. The molecule has 5 nitrogen and oxygen atoms in total. The molecule has 0 aliphatic carbocycles. The first-order chi connectivity index (χ1) is 16.0. The highest BCUT2D eigenvalue weighted by Gasteiger charge is 2.19. The summed E-state index contributed by atoms with van der Waals surface area (Å²) in [5.74, 6) is -1.31. The van der Waals surface area contributed by atoms with Crippen molar-refractivity contribution < 1.29 is 14.7 Å². The smallest absolute Gasteiger partial charge is 0.305 e. The SMILES string of the molecule is Nc1cccc(-c2ccc(C(=O)NC(CC(=O)O)c3ccc(-c4ccccc4)cc3)cc2)c1. The molecule has 0 aliphatic heterocycles. The van der Waals surface area contributed by atoms with Crippen molar-refractivity contribution in [3.63, 3.8) is 0 Å². The molecule has 164 valence electrons. The molecule has 0 aliphatic rings. The number of aliphatic carboxylic acids is 1. The number of carbonyl (C=O) groups is 2. The lowest BCUT2D eigenvalue weighted by Gasteiger charge is -2.18. The molecule has 0 heterocycles. The standard InChI is InChI=1S/C28H24N2O3/c29-25-8-4-7-24(17-25)21-11-15-23(16-12-21)28(33)30-26(18-27(31)32)22-13-9-20(10-14-22)19-5-2-1-3-6-19/h1-17,26H,18,29H2,(H,30,33)(H,31,32). The number of nitrogens with two attached hydrogens (primary N) is 1. The highest BCUT2D eigenvalue weighted by atomic mass is 16.4. The van der Waals surface area contributed by atoms with Gasteiger partial charge in [-0.15, -0.1) is 0 Å². The van der Waals surface area contributed by atoms with Gasteiger partial charge in [0.05, 0.1) is 12.5 Å². The summed E-state index contributed by atoms with van der Waals surface area (Å²) >= 11 is 0. The zero-order valence-corrected chi connectivity index (χ0v) is 17.9. The molecule has 0 spiro atoms. The Morgan fingerprint density at radius 1 is 0.727 bits per heavy atom. The first-order valence-corrected chi connectivity index (χ1v) is 10.6. The van der Waals surface area contributed by atoms with Gasteiger partial charge in [0.25, 0.3) is 5.91 Å². The van der Waals surface area contributed by atoms with Gasteiger partial charge in [0.15, 0.2) is 0 Å². The number of carboxylic acids is 1. The van der Waals surface area contributed by atoms with Gasteiger partial charge in [0, 0.05) is 11.3 Å². The molecule has 0 saturated heterocycles. The Morgan fingerprint density at radius 2 is 1.30 bits per heavy atom. The van der Waals surface area contributed by atoms with E-state index < -0.39 is 12.0 Å². The van der Waals surface area contributed by atoms with Crippen LogP contribution in [0.3, 0.4) is 0 Å². The van der Waals surface area contributed by atoms with Crippen LogP contribution in [-0.2, 0) is 4.79 Å². The molecule has 4 aromatic rings. The number of nitrogens with one attached hydrogen (secondary N) is 1. The molecule has 4 rings (SSSR count). The second-order valence-corrected chi connectivity index (χ2v) is 7.81. The largest absolute Gasteiger partial charge is 0.481 e. The Balaban J connectivity index is 1.51. The fourth-order valence-corrected chi connectivity index (χ4v) is 3.74. The number of carbonyl (C=O) groups excluding carboxylic acids is 1. The van der Waals surface area contributed by atoms with Gasteiger partial charge in [-0.3, -0.25) is 9.59 Å². The minimum atomic E-state index is -0.982. The topological polar surface area (TPSA) is 92.4 Å². The van der Waals surface area contributed by atoms with E-state index in [2.05, 4.69) is 5.32 Å². The first kappa shape index (κ1) is 21.8. The van der Waals surface area contributed by atoms with Crippen molar-refractivity contribution >= 4 is 17.6 Å². The second-order valence-electron chi connectivity index (χ2n) is 7.81. The lowest BCUT2D eigenvalue weighted by Crippen LogP contribution is -2.30. The third kappa shape index (κ3) is 5.46. The first-order valence-electron chi connectivity index (χ1n) is 10.6. The van der Waals surface area contributed by atoms with Crippen LogP contribution in [-0.4, -0.2) is 17.0 Å². The van der Waals surface area contributed by atoms with Crippen LogP contribution in [0.4, 0.5) is 5.69 Å². The monoisotopic (exact) mass is 436 g/mol. The van der Waals surface area contributed by atoms with Crippen molar-refractivity contribution in [3.05, 3.63) is 114 Å². The molecular formula is C28H24N2O3. The average Bonchev–Trinajstić information content (AvgIpc) is 2.84. The van der Waals surface area contributed by atoms with Gasteiger partial charge >= 0.3 is 5.97 Å². The maximum absolute atomic E-state index is 12.9. The molecule has 0 bridgehead atoms. The minimum absolute atomic E-state index is 0.211. The molecule has 1 amide bonds. The fraction of sp³-hybridized carbons (Fsp3) is 0.0714. The van der Waals surface area contributed by atoms with Gasteiger partial charge in [-0.05, 0) is 52.1 Å². The normalized spacial score (nSPS) is 11.5. The summed E-state index contributed by atoms with van der Waals surface area (Å²) in [7, 11) is 0. The number of amides is 1. The lowest BCUT2D eigenvalue weighted by molar-refractivity contribution is -0.137. The predicted molar refractivity (Wildman–Crippen MR) is 131 cm³/mol. The minimum Gasteiger partial charge on any atom is -0.481 e. The molecular weight excluding hydrogens is 412 g/mol. The summed E-state index contributed by atoms with van der Waals surface area (Å²) in [4.78, 5) is 24.3. The number of hydrogen-bond donors (Lipinski definition) is 3. The number of anilines is 1. The number of nitrogen functional groups attached to an aromatic ring is 1. The van der Waals surface area contributed by atoms with Crippen molar-refractivity contribution in [1.82, 2.24) is 5.32 Å². The fourth-order valence-electron chi connectivity index (χ4n) is 3.74. The van der Waals surface area contributed by atoms with Gasteiger partial charge in [0.2, 0.25) is 0 Å². The van der Waals surface area contributed by atoms with E-state index in [0.29, 0.717) is 11.3 Å². The third-order valence-electron chi connectivity index (χ3n) is 5.47. The average molecular weight is 437 g/mol. The molecule has 0 radical (unpaired) electrons. The molecule has 33 heavy (non-hydrogen) atoms. The summed E-state index contributed by atoms with van der Waals surface area (Å²) < 4.78 is 0. The Hall–Kier alpha value is -4.38. The van der Waals surface area contributed by atoms with Crippen LogP contribution in [0.2, 0.25) is 0 Å². The maximum Gasteiger partial charge on any atom is 0.305 e. The number of benzene rings is 4. The van der Waals surface area contributed by atoms with Crippen LogP contribution in [0.1, 0.15) is 28.4 Å². The second kappa shape index (κ2) is 9.83. The van der Waals surface area contributed by atoms with Gasteiger partial charge in [-0.1, -0.05) is 78.9 Å². The number of carboxylic acid groups (broad SMARTS) is 1. The van der Waals surface area contributed by atoms with Crippen LogP contribution >= 0.6 is 0 Å². The van der Waals surface area contributed by atoms with Gasteiger partial charge < -0.3 is 16.2 Å². The molecule has 4 aromatic carbocycles. The lowest BCUT2D eigenvalue weighted by atomic mass is 9.98. The summed E-state index contributed by atoms with van der Waals surface area (Å²) in [6, 6.07) is 31.5. The highest BCUT2D eigenvalue weighted by molar-refractivity contribution is 5.95. The van der Waals surface area contributed by atoms with E-state index in [9.17, 15) is 14.7 Å². The summed E-state index contributed by atoms with van der Waals surface area (Å²) in [6.45, 7) is 0. The molecule has 0 saturated carbocycles. The van der Waals surface area contributed by atoms with Crippen LogP contribution < -0.4 is 11.1 Å². The Kier molecular flexibility index (Phi) is 6.51. The summed E-state index contributed by atoms with van der Waals surface area (Å²) in [5.41, 5.74) is 11.7. The van der Waals surface area contributed by atoms with E-state index in [1.807, 2.05) is 91.0 Å². The number of hydrogen-bond acceptors (Lipinski definition) is 3. The van der Waals surface area contributed by atoms with Crippen LogP contribution in [0.5, 0.6) is 0 Å². The van der Waals surface area contributed by atoms with Gasteiger partial charge in [0.1, 0.15) is 0 Å². The van der Waals surface area contributed by atoms with Crippen LogP contribution in [0.15, 0.2) is 103 Å². The maximum atomic E-state index is 12.9. The van der Waals surface area contributed by atoms with E-state index in [-0.39, 0.29) is 12.3 Å². The van der Waals surface area contributed by atoms with Crippen molar-refractivity contribution in [1.29, 1.82) is 0 Å². The van der Waals surface area contributed by atoms with E-state index >= 15 is 0 Å². The zero-order chi connectivity index (χ0) is 23.2. The van der Waals surface area contributed by atoms with E-state index in [4.69, 9.17) is 5.73 Å². The summed E-state index contributed by atoms with van der Waals surface area (Å²) in [5, 5.41) is 12.3. The molecule has 1 unspecified atom stereocenters. The molecule has 1 atom stereocenters.